The Hall–Kier alpha value is -2.14. The van der Waals surface area contributed by atoms with Gasteiger partial charge >= 0.3 is 0 Å². The summed E-state index contributed by atoms with van der Waals surface area (Å²) >= 11 is 0. The number of nitrogens with two attached hydrogens (primary N) is 1. The summed E-state index contributed by atoms with van der Waals surface area (Å²) in [7, 11) is 1.84. The highest BCUT2D eigenvalue weighted by atomic mass is 19.1. The number of nitrogens with zero attached hydrogens (tertiary/aromatic N) is 2. The highest BCUT2D eigenvalue weighted by Gasteiger charge is 2.19. The SMILES string of the molecule is CCc1cc(C(N)c2cc3cccc(F)c3o2)n(C)n1. The fraction of sp³-hybridized carbons (Fsp3) is 0.267. The van der Waals surface area contributed by atoms with Crippen molar-refractivity contribution in [3.63, 3.8) is 0 Å². The summed E-state index contributed by atoms with van der Waals surface area (Å²) < 4.78 is 21.0. The van der Waals surface area contributed by atoms with Gasteiger partial charge in [0.2, 0.25) is 0 Å². The van der Waals surface area contributed by atoms with Crippen molar-refractivity contribution in [3.8, 4) is 0 Å². The lowest BCUT2D eigenvalue weighted by molar-refractivity contribution is 0.491. The van der Waals surface area contributed by atoms with E-state index < -0.39 is 6.04 Å². The average Bonchev–Trinajstić information content (AvgIpc) is 3.02. The molecule has 0 aliphatic rings. The number of hydrogen-bond acceptors (Lipinski definition) is 3. The zero-order chi connectivity index (χ0) is 14.3. The Balaban J connectivity index is 2.05. The molecule has 0 aliphatic carbocycles. The molecule has 5 heteroatoms. The topological polar surface area (TPSA) is 57.0 Å². The highest BCUT2D eigenvalue weighted by Crippen LogP contribution is 2.28. The first-order valence-electron chi connectivity index (χ1n) is 6.56. The number of rotatable bonds is 3. The Bertz CT molecular complexity index is 760. The first-order valence-corrected chi connectivity index (χ1v) is 6.56. The molecular formula is C15H16FN3O. The van der Waals surface area contributed by atoms with E-state index in [0.29, 0.717) is 11.1 Å². The highest BCUT2D eigenvalue weighted by molar-refractivity contribution is 5.78. The monoisotopic (exact) mass is 273 g/mol. The lowest BCUT2D eigenvalue weighted by Crippen LogP contribution is -2.15. The molecule has 1 atom stereocenters. The zero-order valence-corrected chi connectivity index (χ0v) is 11.4. The van der Waals surface area contributed by atoms with Gasteiger partial charge in [-0.15, -0.1) is 0 Å². The van der Waals surface area contributed by atoms with Crippen LogP contribution in [0.25, 0.3) is 11.0 Å². The predicted molar refractivity (Wildman–Crippen MR) is 74.8 cm³/mol. The largest absolute Gasteiger partial charge is 0.456 e. The summed E-state index contributed by atoms with van der Waals surface area (Å²) in [6.45, 7) is 2.04. The first kappa shape index (κ1) is 12.9. The maximum atomic E-state index is 13.7. The van der Waals surface area contributed by atoms with Crippen molar-refractivity contribution in [2.24, 2.45) is 12.8 Å². The zero-order valence-electron chi connectivity index (χ0n) is 11.4. The van der Waals surface area contributed by atoms with Crippen LogP contribution in [0.1, 0.15) is 30.1 Å². The van der Waals surface area contributed by atoms with Gasteiger partial charge in [-0.2, -0.15) is 5.10 Å². The molecule has 20 heavy (non-hydrogen) atoms. The van der Waals surface area contributed by atoms with Crippen molar-refractivity contribution >= 4 is 11.0 Å². The number of aromatic nitrogens is 2. The number of benzene rings is 1. The summed E-state index contributed by atoms with van der Waals surface area (Å²) in [6.07, 6.45) is 0.843. The molecule has 3 rings (SSSR count). The van der Waals surface area contributed by atoms with Crippen molar-refractivity contribution in [1.82, 2.24) is 9.78 Å². The predicted octanol–water partition coefficient (Wildman–Crippen LogP) is 2.92. The summed E-state index contributed by atoms with van der Waals surface area (Å²) in [5.41, 5.74) is 8.29. The number of halogens is 1. The number of furan rings is 1. The molecule has 0 radical (unpaired) electrons. The quantitative estimate of drug-likeness (QED) is 0.798. The Morgan fingerprint density at radius 2 is 2.20 bits per heavy atom. The molecule has 0 fully saturated rings. The van der Waals surface area contributed by atoms with Gasteiger partial charge in [-0.05, 0) is 24.6 Å². The molecule has 0 saturated heterocycles. The van der Waals surface area contributed by atoms with Crippen molar-refractivity contribution in [2.45, 2.75) is 19.4 Å². The Morgan fingerprint density at radius 1 is 1.40 bits per heavy atom. The Kier molecular flexibility index (Phi) is 3.06. The maximum absolute atomic E-state index is 13.7. The van der Waals surface area contributed by atoms with Crippen LogP contribution in [0.2, 0.25) is 0 Å². The summed E-state index contributed by atoms with van der Waals surface area (Å²) in [5, 5.41) is 5.08. The summed E-state index contributed by atoms with van der Waals surface area (Å²) in [6, 6.07) is 8.11. The van der Waals surface area contributed by atoms with Crippen LogP contribution in [0.5, 0.6) is 0 Å². The van der Waals surface area contributed by atoms with Crippen LogP contribution in [-0.4, -0.2) is 9.78 Å². The molecule has 4 nitrogen and oxygen atoms in total. The van der Waals surface area contributed by atoms with Crippen LogP contribution < -0.4 is 5.73 Å². The second-order valence-corrected chi connectivity index (χ2v) is 4.82. The van der Waals surface area contributed by atoms with Crippen LogP contribution in [0.4, 0.5) is 4.39 Å². The molecule has 104 valence electrons. The molecule has 0 aliphatic heterocycles. The third-order valence-electron chi connectivity index (χ3n) is 3.47. The number of fused-ring (bicyclic) bond motifs is 1. The molecule has 2 aromatic heterocycles. The third kappa shape index (κ3) is 2.00. The van der Waals surface area contributed by atoms with Gasteiger partial charge in [-0.25, -0.2) is 4.39 Å². The maximum Gasteiger partial charge on any atom is 0.169 e. The van der Waals surface area contributed by atoms with E-state index >= 15 is 0 Å². The lowest BCUT2D eigenvalue weighted by atomic mass is 10.1. The van der Waals surface area contributed by atoms with E-state index in [4.69, 9.17) is 10.2 Å². The van der Waals surface area contributed by atoms with E-state index in [1.54, 1.807) is 22.9 Å². The average molecular weight is 273 g/mol. The molecule has 0 amide bonds. The van der Waals surface area contributed by atoms with Crippen LogP contribution in [0.3, 0.4) is 0 Å². The fourth-order valence-electron chi connectivity index (χ4n) is 2.35. The molecular weight excluding hydrogens is 257 g/mol. The summed E-state index contributed by atoms with van der Waals surface area (Å²) in [4.78, 5) is 0. The van der Waals surface area contributed by atoms with Gasteiger partial charge in [-0.1, -0.05) is 19.1 Å². The molecule has 2 N–H and O–H groups in total. The number of hydrogen-bond donors (Lipinski definition) is 1. The minimum absolute atomic E-state index is 0.246. The fourth-order valence-corrected chi connectivity index (χ4v) is 2.35. The number of para-hydroxylation sites is 1. The van der Waals surface area contributed by atoms with E-state index in [0.717, 1.165) is 17.8 Å². The normalized spacial score (nSPS) is 13.0. The Labute approximate surface area is 116 Å². The van der Waals surface area contributed by atoms with E-state index in [2.05, 4.69) is 5.10 Å². The Morgan fingerprint density at radius 3 is 2.85 bits per heavy atom. The minimum Gasteiger partial charge on any atom is -0.456 e. The first-order chi connectivity index (χ1) is 9.60. The van der Waals surface area contributed by atoms with Crippen LogP contribution in [-0.2, 0) is 13.5 Å². The lowest BCUT2D eigenvalue weighted by Gasteiger charge is -2.08. The molecule has 0 bridgehead atoms. The van der Waals surface area contributed by atoms with Gasteiger partial charge in [-0.3, -0.25) is 4.68 Å². The molecule has 0 saturated carbocycles. The van der Waals surface area contributed by atoms with E-state index in [9.17, 15) is 4.39 Å². The van der Waals surface area contributed by atoms with Gasteiger partial charge in [0, 0.05) is 12.4 Å². The van der Waals surface area contributed by atoms with Gasteiger partial charge in [0.1, 0.15) is 11.8 Å². The molecule has 1 aromatic carbocycles. The van der Waals surface area contributed by atoms with Gasteiger partial charge < -0.3 is 10.2 Å². The van der Waals surface area contributed by atoms with Gasteiger partial charge in [0.25, 0.3) is 0 Å². The van der Waals surface area contributed by atoms with Crippen molar-refractivity contribution in [2.75, 3.05) is 0 Å². The minimum atomic E-state index is -0.459. The third-order valence-corrected chi connectivity index (χ3v) is 3.47. The molecule has 3 aromatic rings. The van der Waals surface area contributed by atoms with Crippen molar-refractivity contribution in [3.05, 3.63) is 53.3 Å². The van der Waals surface area contributed by atoms with Crippen LogP contribution in [0, 0.1) is 5.82 Å². The second-order valence-electron chi connectivity index (χ2n) is 4.82. The standard InChI is InChI=1S/C15H16FN3O/c1-3-10-8-12(19(2)18-10)14(17)13-7-9-5-4-6-11(16)15(9)20-13/h4-8,14H,3,17H2,1-2H3. The van der Waals surface area contributed by atoms with E-state index in [1.165, 1.54) is 6.07 Å². The second kappa shape index (κ2) is 4.76. The van der Waals surface area contributed by atoms with Gasteiger partial charge in [0.15, 0.2) is 11.4 Å². The smallest absolute Gasteiger partial charge is 0.169 e. The number of aryl methyl sites for hydroxylation is 2. The van der Waals surface area contributed by atoms with E-state index in [1.807, 2.05) is 20.0 Å². The molecule has 1 unspecified atom stereocenters. The van der Waals surface area contributed by atoms with E-state index in [-0.39, 0.29) is 11.4 Å². The van der Waals surface area contributed by atoms with Crippen molar-refractivity contribution < 1.29 is 8.81 Å². The van der Waals surface area contributed by atoms with Crippen LogP contribution in [0.15, 0.2) is 34.7 Å². The van der Waals surface area contributed by atoms with Crippen LogP contribution >= 0.6 is 0 Å². The van der Waals surface area contributed by atoms with Crippen molar-refractivity contribution in [1.29, 1.82) is 0 Å². The molecule has 2 heterocycles. The molecule has 0 spiro atoms. The summed E-state index contributed by atoms with van der Waals surface area (Å²) in [5.74, 6) is 0.163. The van der Waals surface area contributed by atoms with Gasteiger partial charge in [0.05, 0.1) is 11.4 Å².